The minimum atomic E-state index is -0.818. The Morgan fingerprint density at radius 1 is 0.806 bits per heavy atom. The van der Waals surface area contributed by atoms with Crippen LogP contribution < -0.4 is 20.1 Å². The van der Waals surface area contributed by atoms with Crippen molar-refractivity contribution in [2.24, 2.45) is 0 Å². The third-order valence-electron chi connectivity index (χ3n) is 5.60. The summed E-state index contributed by atoms with van der Waals surface area (Å²) >= 11 is 0. The van der Waals surface area contributed by atoms with E-state index in [2.05, 4.69) is 10.6 Å². The molecule has 1 heterocycles. The first-order valence-electron chi connectivity index (χ1n) is 10.9. The quantitative estimate of drug-likeness (QED) is 0.396. The molecular weight excluding hydrogens is 468 g/mol. The van der Waals surface area contributed by atoms with Crippen LogP contribution in [-0.4, -0.2) is 49.3 Å². The lowest BCUT2D eigenvalue weighted by Gasteiger charge is -2.18. The van der Waals surface area contributed by atoms with Crippen molar-refractivity contribution < 1.29 is 38.2 Å². The van der Waals surface area contributed by atoms with Gasteiger partial charge in [-0.25, -0.2) is 0 Å². The monoisotopic (exact) mass is 486 g/mol. The van der Waals surface area contributed by atoms with Gasteiger partial charge in [0, 0.05) is 33.5 Å². The SMILES string of the molecule is O=C(COC(=O)CNC(=O)c1ccc2c(c1)OCO2)Nc1ccc2c(c1)C(=O)c1ccccc1C2=O. The van der Waals surface area contributed by atoms with Crippen LogP contribution in [0.15, 0.2) is 60.7 Å². The lowest BCUT2D eigenvalue weighted by molar-refractivity contribution is -0.146. The molecule has 2 aliphatic rings. The molecule has 36 heavy (non-hydrogen) atoms. The summed E-state index contributed by atoms with van der Waals surface area (Å²) in [5.74, 6) is -1.63. The van der Waals surface area contributed by atoms with E-state index in [-0.39, 0.29) is 40.7 Å². The van der Waals surface area contributed by atoms with E-state index >= 15 is 0 Å². The molecule has 5 rings (SSSR count). The molecule has 0 fully saturated rings. The van der Waals surface area contributed by atoms with Crippen molar-refractivity contribution in [3.63, 3.8) is 0 Å². The highest BCUT2D eigenvalue weighted by atomic mass is 16.7. The molecule has 1 aliphatic heterocycles. The van der Waals surface area contributed by atoms with Crippen LogP contribution in [0.1, 0.15) is 42.2 Å². The van der Waals surface area contributed by atoms with Crippen LogP contribution in [0.2, 0.25) is 0 Å². The third-order valence-corrected chi connectivity index (χ3v) is 5.60. The molecule has 0 atom stereocenters. The van der Waals surface area contributed by atoms with E-state index in [4.69, 9.17) is 14.2 Å². The maximum Gasteiger partial charge on any atom is 0.325 e. The van der Waals surface area contributed by atoms with Gasteiger partial charge in [0.15, 0.2) is 29.7 Å². The van der Waals surface area contributed by atoms with E-state index in [1.807, 2.05) is 0 Å². The number of esters is 1. The fourth-order valence-corrected chi connectivity index (χ4v) is 3.86. The number of nitrogens with one attached hydrogen (secondary N) is 2. The van der Waals surface area contributed by atoms with E-state index in [1.165, 1.54) is 30.3 Å². The number of anilines is 1. The largest absolute Gasteiger partial charge is 0.454 e. The number of carbonyl (C=O) groups is 5. The first kappa shape index (κ1) is 22.8. The Kier molecular flexibility index (Phi) is 5.91. The van der Waals surface area contributed by atoms with Crippen molar-refractivity contribution in [3.8, 4) is 11.5 Å². The number of fused-ring (bicyclic) bond motifs is 3. The fraction of sp³-hybridized carbons (Fsp3) is 0.115. The number of carbonyl (C=O) groups excluding carboxylic acids is 5. The summed E-state index contributed by atoms with van der Waals surface area (Å²) in [5.41, 5.74) is 1.61. The number of benzene rings is 3. The summed E-state index contributed by atoms with van der Waals surface area (Å²) in [6.07, 6.45) is 0. The van der Waals surface area contributed by atoms with E-state index in [1.54, 1.807) is 30.3 Å². The average molecular weight is 486 g/mol. The summed E-state index contributed by atoms with van der Waals surface area (Å²) < 4.78 is 15.3. The molecule has 0 radical (unpaired) electrons. The van der Waals surface area contributed by atoms with Crippen LogP contribution in [0.25, 0.3) is 0 Å². The summed E-state index contributed by atoms with van der Waals surface area (Å²) in [4.78, 5) is 61.9. The molecule has 3 aromatic carbocycles. The molecule has 0 aromatic heterocycles. The van der Waals surface area contributed by atoms with Gasteiger partial charge >= 0.3 is 5.97 Å². The van der Waals surface area contributed by atoms with Gasteiger partial charge in [-0.3, -0.25) is 24.0 Å². The van der Waals surface area contributed by atoms with Crippen LogP contribution >= 0.6 is 0 Å². The van der Waals surface area contributed by atoms with Gasteiger partial charge in [0.1, 0.15) is 6.54 Å². The molecule has 10 nitrogen and oxygen atoms in total. The second-order valence-electron chi connectivity index (χ2n) is 7.92. The molecule has 0 unspecified atom stereocenters. The van der Waals surface area contributed by atoms with Crippen molar-refractivity contribution >= 4 is 35.0 Å². The van der Waals surface area contributed by atoms with Crippen molar-refractivity contribution in [2.75, 3.05) is 25.3 Å². The highest BCUT2D eigenvalue weighted by Gasteiger charge is 2.29. The number of rotatable bonds is 6. The van der Waals surface area contributed by atoms with Crippen molar-refractivity contribution in [1.82, 2.24) is 5.32 Å². The zero-order valence-corrected chi connectivity index (χ0v) is 18.7. The Bertz CT molecular complexity index is 1450. The molecule has 0 spiro atoms. The minimum absolute atomic E-state index is 0.0721. The van der Waals surface area contributed by atoms with Crippen molar-refractivity contribution in [1.29, 1.82) is 0 Å². The lowest BCUT2D eigenvalue weighted by Crippen LogP contribution is -2.32. The number of ether oxygens (including phenoxy) is 3. The predicted molar refractivity (Wildman–Crippen MR) is 124 cm³/mol. The zero-order chi connectivity index (χ0) is 25.2. The Morgan fingerprint density at radius 2 is 1.50 bits per heavy atom. The van der Waals surface area contributed by atoms with Gasteiger partial charge in [-0.05, 0) is 36.4 Å². The van der Waals surface area contributed by atoms with Gasteiger partial charge in [0.2, 0.25) is 6.79 Å². The van der Waals surface area contributed by atoms with Gasteiger partial charge in [-0.2, -0.15) is 0 Å². The Balaban J connectivity index is 1.13. The normalized spacial score (nSPS) is 12.9. The highest BCUT2D eigenvalue weighted by Crippen LogP contribution is 2.32. The Hall–Kier alpha value is -4.99. The van der Waals surface area contributed by atoms with Crippen LogP contribution in [0, 0.1) is 0 Å². The smallest absolute Gasteiger partial charge is 0.325 e. The van der Waals surface area contributed by atoms with Crippen LogP contribution in [0.5, 0.6) is 11.5 Å². The van der Waals surface area contributed by atoms with Crippen LogP contribution in [0.3, 0.4) is 0 Å². The van der Waals surface area contributed by atoms with E-state index in [0.717, 1.165) is 0 Å². The maximum absolute atomic E-state index is 12.8. The van der Waals surface area contributed by atoms with Gasteiger partial charge in [0.25, 0.3) is 11.8 Å². The number of ketones is 2. The molecule has 3 aromatic rings. The Morgan fingerprint density at radius 3 is 2.28 bits per heavy atom. The zero-order valence-electron chi connectivity index (χ0n) is 18.7. The topological polar surface area (TPSA) is 137 Å². The molecule has 180 valence electrons. The summed E-state index contributed by atoms with van der Waals surface area (Å²) in [6, 6.07) is 15.5. The van der Waals surface area contributed by atoms with Gasteiger partial charge in [-0.15, -0.1) is 0 Å². The molecule has 0 saturated heterocycles. The number of hydrogen-bond acceptors (Lipinski definition) is 8. The molecule has 2 amide bonds. The number of hydrogen-bond donors (Lipinski definition) is 2. The summed E-state index contributed by atoms with van der Waals surface area (Å²) in [5, 5.41) is 4.93. The van der Waals surface area contributed by atoms with Crippen molar-refractivity contribution in [2.45, 2.75) is 0 Å². The first-order chi connectivity index (χ1) is 17.4. The molecule has 0 bridgehead atoms. The van der Waals surface area contributed by atoms with E-state index < -0.39 is 30.9 Å². The Labute approximate surface area is 204 Å². The van der Waals surface area contributed by atoms with E-state index in [0.29, 0.717) is 22.6 Å². The van der Waals surface area contributed by atoms with Gasteiger partial charge in [-0.1, -0.05) is 24.3 Å². The minimum Gasteiger partial charge on any atom is -0.454 e. The van der Waals surface area contributed by atoms with E-state index in [9.17, 15) is 24.0 Å². The standard InChI is InChI=1S/C26H18N2O8/c29-22(12-34-23(30)11-27-26(33)14-5-8-20-21(9-14)36-13-35-20)28-15-6-7-18-19(10-15)25(32)17-4-2-1-3-16(17)24(18)31/h1-10H,11-13H2,(H,27,33)(H,28,29). The van der Waals surface area contributed by atoms with Crippen LogP contribution in [-0.2, 0) is 14.3 Å². The van der Waals surface area contributed by atoms with Gasteiger partial charge in [0.05, 0.1) is 0 Å². The lowest BCUT2D eigenvalue weighted by atomic mass is 9.84. The third kappa shape index (κ3) is 4.39. The summed E-state index contributed by atoms with van der Waals surface area (Å²) in [6.45, 7) is -0.983. The first-order valence-corrected chi connectivity index (χ1v) is 10.9. The molecular formula is C26H18N2O8. The molecule has 10 heteroatoms. The molecule has 1 aliphatic carbocycles. The van der Waals surface area contributed by atoms with Crippen LogP contribution in [0.4, 0.5) is 5.69 Å². The second-order valence-corrected chi connectivity index (χ2v) is 7.92. The fourth-order valence-electron chi connectivity index (χ4n) is 3.86. The van der Waals surface area contributed by atoms with Crippen molar-refractivity contribution in [3.05, 3.63) is 88.5 Å². The molecule has 0 saturated carbocycles. The van der Waals surface area contributed by atoms with Gasteiger partial charge < -0.3 is 24.8 Å². The molecule has 2 N–H and O–H groups in total. The number of amides is 2. The predicted octanol–water partition coefficient (Wildman–Crippen LogP) is 2.10. The highest BCUT2D eigenvalue weighted by molar-refractivity contribution is 6.28. The maximum atomic E-state index is 12.8. The average Bonchev–Trinajstić information content (AvgIpc) is 3.37. The summed E-state index contributed by atoms with van der Waals surface area (Å²) in [7, 11) is 0. The second kappa shape index (κ2) is 9.34.